The van der Waals surface area contributed by atoms with Gasteiger partial charge < -0.3 is 0 Å². The quantitative estimate of drug-likeness (QED) is 0.553. The van der Waals surface area contributed by atoms with E-state index in [9.17, 15) is 4.79 Å². The van der Waals surface area contributed by atoms with Gasteiger partial charge in [0.2, 0.25) is 0 Å². The summed E-state index contributed by atoms with van der Waals surface area (Å²) < 4.78 is 2.28. The fourth-order valence-corrected chi connectivity index (χ4v) is 2.50. The Morgan fingerprint density at radius 2 is 1.92 bits per heavy atom. The van der Waals surface area contributed by atoms with Crippen molar-refractivity contribution in [3.63, 3.8) is 0 Å². The van der Waals surface area contributed by atoms with Crippen LogP contribution in [-0.2, 0) is 0 Å². The SMILES string of the molecule is CC(=NNC(=O)c1ccccc1Br)c1ccc(-n2cnnn2)cc1. The predicted molar refractivity (Wildman–Crippen MR) is 93.0 cm³/mol. The molecule has 120 valence electrons. The lowest BCUT2D eigenvalue weighted by molar-refractivity contribution is 0.0954. The van der Waals surface area contributed by atoms with Crippen LogP contribution in [0.25, 0.3) is 5.69 Å². The Labute approximate surface area is 146 Å². The number of nitrogens with zero attached hydrogens (tertiary/aromatic N) is 5. The van der Waals surface area contributed by atoms with Gasteiger partial charge in [0.1, 0.15) is 6.33 Å². The highest BCUT2D eigenvalue weighted by Gasteiger charge is 2.08. The predicted octanol–water partition coefficient (Wildman–Crippen LogP) is 2.58. The molecule has 1 aromatic heterocycles. The van der Waals surface area contributed by atoms with Crippen LogP contribution in [-0.4, -0.2) is 31.8 Å². The number of rotatable bonds is 4. The first-order chi connectivity index (χ1) is 11.6. The molecule has 24 heavy (non-hydrogen) atoms. The van der Waals surface area contributed by atoms with Crippen molar-refractivity contribution in [2.24, 2.45) is 5.10 Å². The molecule has 1 amide bonds. The summed E-state index contributed by atoms with van der Waals surface area (Å²) >= 11 is 3.35. The molecule has 0 aliphatic rings. The molecule has 0 spiro atoms. The Morgan fingerprint density at radius 1 is 1.17 bits per heavy atom. The maximum atomic E-state index is 12.1. The van der Waals surface area contributed by atoms with Crippen LogP contribution in [0.3, 0.4) is 0 Å². The van der Waals surface area contributed by atoms with Crippen molar-refractivity contribution in [1.29, 1.82) is 0 Å². The highest BCUT2D eigenvalue weighted by atomic mass is 79.9. The maximum absolute atomic E-state index is 12.1. The van der Waals surface area contributed by atoms with Gasteiger partial charge in [0.15, 0.2) is 0 Å². The van der Waals surface area contributed by atoms with Crippen LogP contribution in [0.1, 0.15) is 22.8 Å². The molecule has 0 atom stereocenters. The number of benzene rings is 2. The van der Waals surface area contributed by atoms with Gasteiger partial charge in [0.25, 0.3) is 5.91 Å². The lowest BCUT2D eigenvalue weighted by Gasteiger charge is -2.05. The van der Waals surface area contributed by atoms with Gasteiger partial charge in [0.05, 0.1) is 17.0 Å². The molecular weight excluding hydrogens is 372 g/mol. The van der Waals surface area contributed by atoms with Crippen molar-refractivity contribution in [1.82, 2.24) is 25.6 Å². The average molecular weight is 385 g/mol. The third-order valence-electron chi connectivity index (χ3n) is 3.34. The van der Waals surface area contributed by atoms with E-state index in [1.54, 1.807) is 16.8 Å². The van der Waals surface area contributed by atoms with Gasteiger partial charge in [-0.05, 0) is 63.1 Å². The molecule has 7 nitrogen and oxygen atoms in total. The van der Waals surface area contributed by atoms with Crippen LogP contribution >= 0.6 is 15.9 Å². The second kappa shape index (κ2) is 7.14. The summed E-state index contributed by atoms with van der Waals surface area (Å²) in [6.07, 6.45) is 1.52. The minimum atomic E-state index is -0.271. The Hall–Kier alpha value is -2.87. The Balaban J connectivity index is 1.72. The van der Waals surface area contributed by atoms with Crippen molar-refractivity contribution in [3.05, 3.63) is 70.5 Å². The van der Waals surface area contributed by atoms with E-state index in [0.717, 1.165) is 15.7 Å². The zero-order valence-corrected chi connectivity index (χ0v) is 14.3. The molecule has 0 aliphatic heterocycles. The first-order valence-electron chi connectivity index (χ1n) is 7.08. The number of amides is 1. The summed E-state index contributed by atoms with van der Waals surface area (Å²) in [5.41, 5.74) is 5.52. The lowest BCUT2D eigenvalue weighted by Crippen LogP contribution is -2.19. The van der Waals surface area contributed by atoms with Crippen molar-refractivity contribution >= 4 is 27.5 Å². The Kier molecular flexibility index (Phi) is 4.76. The Bertz CT molecular complexity index is 874. The first kappa shape index (κ1) is 16.0. The first-order valence-corrected chi connectivity index (χ1v) is 7.87. The van der Waals surface area contributed by atoms with Gasteiger partial charge in [-0.2, -0.15) is 5.10 Å². The zero-order valence-electron chi connectivity index (χ0n) is 12.7. The summed E-state index contributed by atoms with van der Waals surface area (Å²) in [4.78, 5) is 12.1. The zero-order chi connectivity index (χ0) is 16.9. The van der Waals surface area contributed by atoms with E-state index in [2.05, 4.69) is 42.0 Å². The molecule has 0 radical (unpaired) electrons. The summed E-state index contributed by atoms with van der Waals surface area (Å²) in [6.45, 7) is 1.83. The van der Waals surface area contributed by atoms with Gasteiger partial charge >= 0.3 is 0 Å². The molecule has 0 fully saturated rings. The van der Waals surface area contributed by atoms with E-state index in [1.165, 1.54) is 6.33 Å². The van der Waals surface area contributed by atoms with Crippen LogP contribution in [0.5, 0.6) is 0 Å². The van der Waals surface area contributed by atoms with Gasteiger partial charge in [-0.3, -0.25) is 4.79 Å². The number of hydrazone groups is 1. The molecule has 0 bridgehead atoms. The smallest absolute Gasteiger partial charge is 0.267 e. The van der Waals surface area contributed by atoms with E-state index >= 15 is 0 Å². The van der Waals surface area contributed by atoms with Crippen LogP contribution in [0, 0.1) is 0 Å². The molecule has 0 aliphatic carbocycles. The molecule has 1 N–H and O–H groups in total. The topological polar surface area (TPSA) is 85.1 Å². The summed E-state index contributed by atoms with van der Waals surface area (Å²) in [6, 6.07) is 14.7. The lowest BCUT2D eigenvalue weighted by atomic mass is 10.1. The minimum Gasteiger partial charge on any atom is -0.267 e. The van der Waals surface area contributed by atoms with Gasteiger partial charge in [-0.1, -0.05) is 24.3 Å². The molecule has 2 aromatic carbocycles. The van der Waals surface area contributed by atoms with E-state index < -0.39 is 0 Å². The van der Waals surface area contributed by atoms with Crippen LogP contribution in [0.2, 0.25) is 0 Å². The second-order valence-corrected chi connectivity index (χ2v) is 5.77. The molecule has 8 heteroatoms. The molecule has 1 heterocycles. The number of carbonyl (C=O) groups excluding carboxylic acids is 1. The largest absolute Gasteiger partial charge is 0.272 e. The highest BCUT2D eigenvalue weighted by Crippen LogP contribution is 2.15. The number of aromatic nitrogens is 4. The van der Waals surface area contributed by atoms with Crippen molar-refractivity contribution in [3.8, 4) is 5.69 Å². The van der Waals surface area contributed by atoms with Gasteiger partial charge in [-0.15, -0.1) is 5.10 Å². The third kappa shape index (κ3) is 3.54. The maximum Gasteiger partial charge on any atom is 0.272 e. The van der Waals surface area contributed by atoms with E-state index in [-0.39, 0.29) is 5.91 Å². The molecule has 0 saturated heterocycles. The monoisotopic (exact) mass is 384 g/mol. The van der Waals surface area contributed by atoms with E-state index in [1.807, 2.05) is 43.3 Å². The molecular formula is C16H13BrN6O. The summed E-state index contributed by atoms with van der Waals surface area (Å²) in [7, 11) is 0. The van der Waals surface area contributed by atoms with Gasteiger partial charge in [0, 0.05) is 4.47 Å². The van der Waals surface area contributed by atoms with Crippen molar-refractivity contribution in [2.75, 3.05) is 0 Å². The number of carbonyl (C=O) groups is 1. The van der Waals surface area contributed by atoms with Crippen LogP contribution < -0.4 is 5.43 Å². The number of hydrogen-bond donors (Lipinski definition) is 1. The van der Waals surface area contributed by atoms with Crippen molar-refractivity contribution in [2.45, 2.75) is 6.92 Å². The molecule has 0 saturated carbocycles. The second-order valence-electron chi connectivity index (χ2n) is 4.92. The van der Waals surface area contributed by atoms with E-state index in [4.69, 9.17) is 0 Å². The number of halogens is 1. The normalized spacial score (nSPS) is 11.3. The number of tetrazole rings is 1. The van der Waals surface area contributed by atoms with Crippen molar-refractivity contribution < 1.29 is 4.79 Å². The molecule has 0 unspecified atom stereocenters. The van der Waals surface area contributed by atoms with E-state index in [0.29, 0.717) is 11.3 Å². The third-order valence-corrected chi connectivity index (χ3v) is 4.03. The highest BCUT2D eigenvalue weighted by molar-refractivity contribution is 9.10. The fourth-order valence-electron chi connectivity index (χ4n) is 2.04. The molecule has 3 rings (SSSR count). The van der Waals surface area contributed by atoms with Crippen LogP contribution in [0.15, 0.2) is 64.4 Å². The standard InChI is InChI=1S/C16H13BrN6O/c1-11(19-20-16(24)14-4-2-3-5-15(14)17)12-6-8-13(9-7-12)23-10-18-21-22-23/h2-10H,1H3,(H,20,24). The van der Waals surface area contributed by atoms with Gasteiger partial charge in [-0.25, -0.2) is 10.1 Å². The van der Waals surface area contributed by atoms with Crippen LogP contribution in [0.4, 0.5) is 0 Å². The Morgan fingerprint density at radius 3 is 2.58 bits per heavy atom. The number of hydrogen-bond acceptors (Lipinski definition) is 5. The fraction of sp³-hybridized carbons (Fsp3) is 0.0625. The summed E-state index contributed by atoms with van der Waals surface area (Å²) in [5, 5.41) is 15.2. The molecule has 3 aromatic rings. The number of nitrogens with one attached hydrogen (secondary N) is 1. The minimum absolute atomic E-state index is 0.271. The summed E-state index contributed by atoms with van der Waals surface area (Å²) in [5.74, 6) is -0.271. The average Bonchev–Trinajstić information content (AvgIpc) is 3.14.